The summed E-state index contributed by atoms with van der Waals surface area (Å²) in [5.41, 5.74) is 0. The molecule has 1 rings (SSSR count). The van der Waals surface area contributed by atoms with Gasteiger partial charge in [0.1, 0.15) is 0 Å². The summed E-state index contributed by atoms with van der Waals surface area (Å²) in [4.78, 5) is 5.39. The Bertz CT molecular complexity index is 398. The lowest BCUT2D eigenvalue weighted by molar-refractivity contribution is 0.195. The summed E-state index contributed by atoms with van der Waals surface area (Å²) in [6, 6.07) is 7.89. The molecule has 0 atom stereocenters. The molecule has 0 aliphatic rings. The van der Waals surface area contributed by atoms with Crippen molar-refractivity contribution >= 4 is 29.3 Å². The van der Waals surface area contributed by atoms with Crippen LogP contribution >= 0.6 is 23.4 Å². The number of benzene rings is 1. The average Bonchev–Trinajstić information content (AvgIpc) is 2.47. The van der Waals surface area contributed by atoms with Gasteiger partial charge in [-0.15, -0.1) is 11.8 Å². The van der Waals surface area contributed by atoms with Gasteiger partial charge in [0.05, 0.1) is 0 Å². The van der Waals surface area contributed by atoms with E-state index in [1.54, 1.807) is 25.9 Å². The second-order valence-corrected chi connectivity index (χ2v) is 5.68. The van der Waals surface area contributed by atoms with Crippen LogP contribution in [0.2, 0.25) is 5.02 Å². The zero-order valence-electron chi connectivity index (χ0n) is 12.0. The Morgan fingerprint density at radius 3 is 2.60 bits per heavy atom. The highest BCUT2D eigenvalue weighted by Crippen LogP contribution is 2.19. The third-order valence-electron chi connectivity index (χ3n) is 2.52. The van der Waals surface area contributed by atoms with E-state index in [0.717, 1.165) is 42.9 Å². The summed E-state index contributed by atoms with van der Waals surface area (Å²) in [6.07, 6.45) is 0.969. The van der Waals surface area contributed by atoms with Gasteiger partial charge >= 0.3 is 0 Å². The number of rotatable bonds is 8. The van der Waals surface area contributed by atoms with E-state index in [0.29, 0.717) is 0 Å². The Morgan fingerprint density at radius 2 is 1.95 bits per heavy atom. The highest BCUT2D eigenvalue weighted by atomic mass is 35.5. The predicted molar refractivity (Wildman–Crippen MR) is 88.0 cm³/mol. The molecule has 0 radical (unpaired) electrons. The summed E-state index contributed by atoms with van der Waals surface area (Å²) < 4.78 is 5.00. The van der Waals surface area contributed by atoms with E-state index in [-0.39, 0.29) is 0 Å². The van der Waals surface area contributed by atoms with Crippen molar-refractivity contribution in [3.63, 3.8) is 0 Å². The first-order valence-corrected chi connectivity index (χ1v) is 7.94. The number of methoxy groups -OCH3 is 1. The highest BCUT2D eigenvalue weighted by molar-refractivity contribution is 7.99. The van der Waals surface area contributed by atoms with Gasteiger partial charge in [0, 0.05) is 49.5 Å². The highest BCUT2D eigenvalue weighted by Gasteiger charge is 1.98. The molecule has 6 heteroatoms. The molecule has 0 heterocycles. The van der Waals surface area contributed by atoms with Crippen molar-refractivity contribution in [2.24, 2.45) is 4.99 Å². The van der Waals surface area contributed by atoms with E-state index in [9.17, 15) is 0 Å². The van der Waals surface area contributed by atoms with Crippen molar-refractivity contribution in [2.75, 3.05) is 39.6 Å². The van der Waals surface area contributed by atoms with Crippen LogP contribution in [-0.4, -0.2) is 45.6 Å². The van der Waals surface area contributed by atoms with Crippen LogP contribution in [0.15, 0.2) is 34.2 Å². The maximum absolute atomic E-state index is 5.85. The largest absolute Gasteiger partial charge is 0.385 e. The van der Waals surface area contributed by atoms with Gasteiger partial charge in [0.15, 0.2) is 5.96 Å². The summed E-state index contributed by atoms with van der Waals surface area (Å²) in [5, 5.41) is 7.29. The van der Waals surface area contributed by atoms with E-state index in [4.69, 9.17) is 16.3 Å². The normalized spacial score (nSPS) is 11.4. The number of hydrogen-bond acceptors (Lipinski definition) is 3. The Balaban J connectivity index is 2.13. The number of thioether (sulfide) groups is 1. The minimum absolute atomic E-state index is 0.760. The SMILES string of the molecule is CN=C(NCCCOC)NCCSc1ccc(Cl)cc1. The first-order chi connectivity index (χ1) is 9.76. The number of aliphatic imine (C=N–C) groups is 1. The van der Waals surface area contributed by atoms with Crippen molar-refractivity contribution in [1.29, 1.82) is 0 Å². The van der Waals surface area contributed by atoms with Crippen LogP contribution in [0.4, 0.5) is 0 Å². The molecular weight excluding hydrogens is 294 g/mol. The Morgan fingerprint density at radius 1 is 1.25 bits per heavy atom. The van der Waals surface area contributed by atoms with Crippen LogP contribution in [0.25, 0.3) is 0 Å². The lowest BCUT2D eigenvalue weighted by Gasteiger charge is -2.11. The first kappa shape index (κ1) is 17.1. The fourth-order valence-electron chi connectivity index (χ4n) is 1.51. The standard InChI is InChI=1S/C14H22ClN3OS/c1-16-14(17-8-3-10-19-2)18-9-11-20-13-6-4-12(15)5-7-13/h4-7H,3,8-11H2,1-2H3,(H2,16,17,18). The quantitative estimate of drug-likeness (QED) is 0.335. The lowest BCUT2D eigenvalue weighted by atomic mass is 10.4. The molecule has 0 amide bonds. The maximum atomic E-state index is 5.85. The fraction of sp³-hybridized carbons (Fsp3) is 0.500. The molecule has 20 heavy (non-hydrogen) atoms. The maximum Gasteiger partial charge on any atom is 0.191 e. The smallest absolute Gasteiger partial charge is 0.191 e. The van der Waals surface area contributed by atoms with Crippen molar-refractivity contribution in [1.82, 2.24) is 10.6 Å². The second-order valence-electron chi connectivity index (χ2n) is 4.07. The number of guanidine groups is 1. The van der Waals surface area contributed by atoms with Crippen LogP contribution in [0.5, 0.6) is 0 Å². The van der Waals surface area contributed by atoms with Crippen molar-refractivity contribution in [3.05, 3.63) is 29.3 Å². The van der Waals surface area contributed by atoms with Crippen molar-refractivity contribution < 1.29 is 4.74 Å². The molecule has 1 aromatic rings. The van der Waals surface area contributed by atoms with Crippen LogP contribution in [0.3, 0.4) is 0 Å². The molecular formula is C14H22ClN3OS. The first-order valence-electron chi connectivity index (χ1n) is 6.58. The monoisotopic (exact) mass is 315 g/mol. The van der Waals surface area contributed by atoms with E-state index in [2.05, 4.69) is 15.6 Å². The molecule has 0 bridgehead atoms. The summed E-state index contributed by atoms with van der Waals surface area (Å²) in [7, 11) is 3.49. The minimum atomic E-state index is 0.760. The van der Waals surface area contributed by atoms with Gasteiger partial charge in [-0.25, -0.2) is 0 Å². The molecule has 112 valence electrons. The molecule has 1 aromatic carbocycles. The Hall–Kier alpha value is -0.910. The number of ether oxygens (including phenoxy) is 1. The van der Waals surface area contributed by atoms with Gasteiger partial charge in [0.25, 0.3) is 0 Å². The number of nitrogens with zero attached hydrogens (tertiary/aromatic N) is 1. The molecule has 0 spiro atoms. The molecule has 0 saturated carbocycles. The second kappa shape index (κ2) is 10.8. The van der Waals surface area contributed by atoms with Crippen molar-refractivity contribution in [3.8, 4) is 0 Å². The van der Waals surface area contributed by atoms with Crippen LogP contribution < -0.4 is 10.6 Å². The average molecular weight is 316 g/mol. The van der Waals surface area contributed by atoms with Gasteiger partial charge in [0.2, 0.25) is 0 Å². The lowest BCUT2D eigenvalue weighted by Crippen LogP contribution is -2.39. The van der Waals surface area contributed by atoms with Crippen LogP contribution in [0.1, 0.15) is 6.42 Å². The summed E-state index contributed by atoms with van der Waals surface area (Å²) in [6.45, 7) is 2.48. The Kier molecular flexibility index (Phi) is 9.28. The van der Waals surface area contributed by atoms with Gasteiger partial charge in [-0.1, -0.05) is 11.6 Å². The zero-order chi connectivity index (χ0) is 14.6. The van der Waals surface area contributed by atoms with Crippen LogP contribution in [-0.2, 0) is 4.74 Å². The molecule has 2 N–H and O–H groups in total. The number of nitrogens with one attached hydrogen (secondary N) is 2. The van der Waals surface area contributed by atoms with E-state index < -0.39 is 0 Å². The molecule has 0 aliphatic heterocycles. The third kappa shape index (κ3) is 7.62. The molecule has 0 aromatic heterocycles. The van der Waals surface area contributed by atoms with Crippen LogP contribution in [0, 0.1) is 0 Å². The minimum Gasteiger partial charge on any atom is -0.385 e. The molecule has 4 nitrogen and oxygen atoms in total. The zero-order valence-corrected chi connectivity index (χ0v) is 13.6. The summed E-state index contributed by atoms with van der Waals surface area (Å²) >= 11 is 7.64. The molecule has 0 unspecified atom stereocenters. The number of hydrogen-bond donors (Lipinski definition) is 2. The third-order valence-corrected chi connectivity index (χ3v) is 3.78. The Labute approximate surface area is 130 Å². The van der Waals surface area contributed by atoms with E-state index >= 15 is 0 Å². The topological polar surface area (TPSA) is 45.7 Å². The van der Waals surface area contributed by atoms with E-state index in [1.165, 1.54) is 4.90 Å². The van der Waals surface area contributed by atoms with Gasteiger partial charge in [-0.2, -0.15) is 0 Å². The molecule has 0 saturated heterocycles. The molecule has 0 aliphatic carbocycles. The van der Waals surface area contributed by atoms with Gasteiger partial charge < -0.3 is 15.4 Å². The van der Waals surface area contributed by atoms with Crippen molar-refractivity contribution in [2.45, 2.75) is 11.3 Å². The fourth-order valence-corrected chi connectivity index (χ4v) is 2.41. The summed E-state index contributed by atoms with van der Waals surface area (Å²) in [5.74, 6) is 1.80. The molecule has 0 fully saturated rings. The van der Waals surface area contributed by atoms with Gasteiger partial charge in [-0.3, -0.25) is 4.99 Å². The van der Waals surface area contributed by atoms with E-state index in [1.807, 2.05) is 24.3 Å². The predicted octanol–water partition coefficient (Wildman–Crippen LogP) is 2.63. The van der Waals surface area contributed by atoms with Gasteiger partial charge in [-0.05, 0) is 30.7 Å². The number of halogens is 1.